The molecule has 5 rings (SSSR count). The van der Waals surface area contributed by atoms with Crippen molar-refractivity contribution < 1.29 is 38.1 Å². The van der Waals surface area contributed by atoms with Gasteiger partial charge in [-0.15, -0.1) is 0 Å². The van der Waals surface area contributed by atoms with Gasteiger partial charge in [0.05, 0.1) is 26.2 Å². The normalized spacial score (nSPS) is 15.1. The molecule has 0 aliphatic carbocycles. The molecular formula is C44H52N4O8. The van der Waals surface area contributed by atoms with E-state index in [1.807, 2.05) is 141 Å². The van der Waals surface area contributed by atoms with Crippen LogP contribution in [0.4, 0.5) is 0 Å². The van der Waals surface area contributed by atoms with E-state index in [4.69, 9.17) is 18.9 Å². The van der Waals surface area contributed by atoms with Crippen molar-refractivity contribution in [1.29, 1.82) is 0 Å². The second-order valence-corrected chi connectivity index (χ2v) is 13.7. The Morgan fingerprint density at radius 1 is 0.321 bits per heavy atom. The van der Waals surface area contributed by atoms with Gasteiger partial charge in [0.25, 0.3) is 0 Å². The Labute approximate surface area is 329 Å². The molecule has 0 atom stereocenters. The third-order valence-electron chi connectivity index (χ3n) is 9.31. The number of hydrogen-bond donors (Lipinski definition) is 0. The molecule has 1 fully saturated rings. The van der Waals surface area contributed by atoms with Crippen molar-refractivity contribution in [3.05, 3.63) is 144 Å². The molecule has 0 unspecified atom stereocenters. The SMILES string of the molecule is O=C(CN1CCN(CC(=O)OCc2ccccc2)CCN(CC(=O)OCc2ccccc2)CCN(CC(=O)OCc2ccccc2)CC1)OCc1ccccc1. The highest BCUT2D eigenvalue weighted by Gasteiger charge is 2.23. The van der Waals surface area contributed by atoms with E-state index in [0.717, 1.165) is 22.3 Å². The molecule has 0 amide bonds. The summed E-state index contributed by atoms with van der Waals surface area (Å²) < 4.78 is 22.5. The number of hydrogen-bond acceptors (Lipinski definition) is 12. The van der Waals surface area contributed by atoms with Gasteiger partial charge in [0.1, 0.15) is 26.4 Å². The number of rotatable bonds is 16. The predicted molar refractivity (Wildman–Crippen MR) is 211 cm³/mol. The summed E-state index contributed by atoms with van der Waals surface area (Å²) in [5, 5.41) is 0. The van der Waals surface area contributed by atoms with Gasteiger partial charge in [0, 0.05) is 52.4 Å². The van der Waals surface area contributed by atoms with Crippen molar-refractivity contribution in [3.8, 4) is 0 Å². The molecule has 12 heteroatoms. The summed E-state index contributed by atoms with van der Waals surface area (Å²) >= 11 is 0. The first kappa shape index (κ1) is 41.8. The van der Waals surface area contributed by atoms with Crippen LogP contribution >= 0.6 is 0 Å². The third kappa shape index (κ3) is 16.1. The maximum Gasteiger partial charge on any atom is 0.320 e. The van der Waals surface area contributed by atoms with Gasteiger partial charge >= 0.3 is 23.9 Å². The monoisotopic (exact) mass is 764 g/mol. The van der Waals surface area contributed by atoms with Gasteiger partial charge in [-0.05, 0) is 22.3 Å². The van der Waals surface area contributed by atoms with Gasteiger partial charge in [0.2, 0.25) is 0 Å². The largest absolute Gasteiger partial charge is 0.460 e. The molecule has 1 heterocycles. The Morgan fingerprint density at radius 2 is 0.500 bits per heavy atom. The summed E-state index contributed by atoms with van der Waals surface area (Å²) in [5.41, 5.74) is 3.57. The molecule has 0 N–H and O–H groups in total. The lowest BCUT2D eigenvalue weighted by atomic mass is 10.2. The first-order chi connectivity index (χ1) is 27.4. The Morgan fingerprint density at radius 3 is 0.679 bits per heavy atom. The number of carbonyl (C=O) groups excluding carboxylic acids is 4. The predicted octanol–water partition coefficient (Wildman–Crippen LogP) is 4.18. The average molecular weight is 765 g/mol. The highest BCUT2D eigenvalue weighted by Crippen LogP contribution is 2.08. The van der Waals surface area contributed by atoms with Gasteiger partial charge in [-0.3, -0.25) is 38.8 Å². The zero-order valence-corrected chi connectivity index (χ0v) is 31.9. The van der Waals surface area contributed by atoms with Crippen LogP contribution in [0.5, 0.6) is 0 Å². The lowest BCUT2D eigenvalue weighted by Gasteiger charge is -2.33. The minimum atomic E-state index is -0.372. The quantitative estimate of drug-likeness (QED) is 0.120. The Kier molecular flexibility index (Phi) is 17.5. The highest BCUT2D eigenvalue weighted by molar-refractivity contribution is 5.73. The van der Waals surface area contributed by atoms with Crippen LogP contribution < -0.4 is 0 Å². The van der Waals surface area contributed by atoms with Gasteiger partial charge < -0.3 is 18.9 Å². The van der Waals surface area contributed by atoms with E-state index in [1.54, 1.807) is 0 Å². The van der Waals surface area contributed by atoms with Crippen LogP contribution in [-0.4, -0.2) is 122 Å². The van der Waals surface area contributed by atoms with E-state index >= 15 is 0 Å². The maximum atomic E-state index is 13.1. The molecule has 4 aromatic carbocycles. The molecule has 1 aliphatic heterocycles. The fraction of sp³-hybridized carbons (Fsp3) is 0.364. The fourth-order valence-electron chi connectivity index (χ4n) is 6.08. The van der Waals surface area contributed by atoms with Crippen molar-refractivity contribution in [3.63, 3.8) is 0 Å². The number of ether oxygens (including phenoxy) is 4. The van der Waals surface area contributed by atoms with E-state index in [-0.39, 0.29) is 76.5 Å². The van der Waals surface area contributed by atoms with Gasteiger partial charge in [-0.1, -0.05) is 121 Å². The Bertz CT molecular complexity index is 1490. The number of carbonyl (C=O) groups is 4. The summed E-state index contributed by atoms with van der Waals surface area (Å²) in [4.78, 5) is 60.4. The van der Waals surface area contributed by atoms with Crippen LogP contribution in [0.3, 0.4) is 0 Å². The number of nitrogens with zero attached hydrogens (tertiary/aromatic N) is 4. The molecule has 0 aromatic heterocycles. The first-order valence-electron chi connectivity index (χ1n) is 19.1. The number of esters is 4. The topological polar surface area (TPSA) is 118 Å². The van der Waals surface area contributed by atoms with E-state index in [2.05, 4.69) is 0 Å². The molecule has 1 saturated heterocycles. The first-order valence-corrected chi connectivity index (χ1v) is 19.1. The standard InChI is InChI=1S/C44H52N4O8/c49-41(53-33-37-13-5-1-6-14-37)29-45-21-23-46(30-42(50)54-34-38-15-7-2-8-16-38)25-27-48(32-44(52)56-36-40-19-11-4-12-20-40)28-26-47(24-22-45)31-43(51)55-35-39-17-9-3-10-18-39/h1-20H,21-36H2. The van der Waals surface area contributed by atoms with Crippen LogP contribution in [0.25, 0.3) is 0 Å². The summed E-state index contributed by atoms with van der Waals surface area (Å²) in [7, 11) is 0. The zero-order chi connectivity index (χ0) is 39.2. The number of benzene rings is 4. The third-order valence-corrected chi connectivity index (χ3v) is 9.31. The molecule has 0 spiro atoms. The molecule has 0 radical (unpaired) electrons. The van der Waals surface area contributed by atoms with Crippen molar-refractivity contribution in [2.45, 2.75) is 26.4 Å². The molecule has 1 aliphatic rings. The summed E-state index contributed by atoms with van der Waals surface area (Å²) in [6, 6.07) is 38.0. The second kappa shape index (κ2) is 23.5. The summed E-state index contributed by atoms with van der Waals surface area (Å²) in [6.07, 6.45) is 0. The van der Waals surface area contributed by atoms with E-state index in [1.165, 1.54) is 0 Å². The lowest BCUT2D eigenvalue weighted by Crippen LogP contribution is -2.49. The van der Waals surface area contributed by atoms with Gasteiger partial charge in [0.15, 0.2) is 0 Å². The van der Waals surface area contributed by atoms with E-state index in [0.29, 0.717) is 52.4 Å². The van der Waals surface area contributed by atoms with Gasteiger partial charge in [-0.25, -0.2) is 0 Å². The molecular weight excluding hydrogens is 713 g/mol. The molecule has 12 nitrogen and oxygen atoms in total. The molecule has 56 heavy (non-hydrogen) atoms. The van der Waals surface area contributed by atoms with Gasteiger partial charge in [-0.2, -0.15) is 0 Å². The van der Waals surface area contributed by atoms with Crippen LogP contribution in [0.2, 0.25) is 0 Å². The average Bonchev–Trinajstić information content (AvgIpc) is 3.23. The van der Waals surface area contributed by atoms with Crippen LogP contribution in [0, 0.1) is 0 Å². The zero-order valence-electron chi connectivity index (χ0n) is 31.9. The molecule has 0 saturated carbocycles. The minimum Gasteiger partial charge on any atom is -0.460 e. The van der Waals surface area contributed by atoms with Crippen molar-refractivity contribution in [2.75, 3.05) is 78.5 Å². The Hall–Kier alpha value is -5.40. The van der Waals surface area contributed by atoms with E-state index in [9.17, 15) is 19.2 Å². The Balaban J connectivity index is 1.26. The van der Waals surface area contributed by atoms with Crippen LogP contribution in [-0.2, 0) is 64.6 Å². The van der Waals surface area contributed by atoms with Crippen molar-refractivity contribution in [1.82, 2.24) is 19.6 Å². The van der Waals surface area contributed by atoms with Crippen LogP contribution in [0.1, 0.15) is 22.3 Å². The smallest absolute Gasteiger partial charge is 0.320 e. The summed E-state index contributed by atoms with van der Waals surface area (Å²) in [6.45, 7) is 4.32. The second-order valence-electron chi connectivity index (χ2n) is 13.7. The maximum absolute atomic E-state index is 13.1. The fourth-order valence-corrected chi connectivity index (χ4v) is 6.08. The van der Waals surface area contributed by atoms with Crippen LogP contribution in [0.15, 0.2) is 121 Å². The van der Waals surface area contributed by atoms with E-state index < -0.39 is 0 Å². The minimum absolute atomic E-state index is 0.0325. The molecule has 296 valence electrons. The highest BCUT2D eigenvalue weighted by atomic mass is 16.5. The van der Waals surface area contributed by atoms with Crippen molar-refractivity contribution >= 4 is 23.9 Å². The lowest BCUT2D eigenvalue weighted by molar-refractivity contribution is -0.149. The molecule has 0 bridgehead atoms. The molecule has 4 aromatic rings. The van der Waals surface area contributed by atoms with Crippen molar-refractivity contribution in [2.24, 2.45) is 0 Å². The summed E-state index contributed by atoms with van der Waals surface area (Å²) in [5.74, 6) is -1.49.